The Morgan fingerprint density at radius 1 is 1.71 bits per heavy atom. The monoisotopic (exact) mass is 266 g/mol. The van der Waals surface area contributed by atoms with Crippen molar-refractivity contribution in [2.24, 2.45) is 7.05 Å². The van der Waals surface area contributed by atoms with Crippen LogP contribution >= 0.6 is 22.9 Å². The van der Waals surface area contributed by atoms with Crippen LogP contribution in [0.15, 0.2) is 17.6 Å². The SMILES string of the molecule is Cn1ncc(C#N)c1NC(=O)c1sccc1Cl. The van der Waals surface area contributed by atoms with E-state index >= 15 is 0 Å². The van der Waals surface area contributed by atoms with Crippen molar-refractivity contribution in [2.75, 3.05) is 5.32 Å². The number of hydrogen-bond donors (Lipinski definition) is 1. The van der Waals surface area contributed by atoms with Gasteiger partial charge in [-0.3, -0.25) is 9.48 Å². The third-order valence-corrected chi connectivity index (χ3v) is 3.45. The van der Waals surface area contributed by atoms with E-state index in [0.717, 1.165) is 0 Å². The van der Waals surface area contributed by atoms with Gasteiger partial charge in [0.05, 0.1) is 11.2 Å². The topological polar surface area (TPSA) is 70.7 Å². The molecule has 86 valence electrons. The van der Waals surface area contributed by atoms with Gasteiger partial charge in [0.15, 0.2) is 0 Å². The second-order valence-corrected chi connectivity index (χ2v) is 4.52. The summed E-state index contributed by atoms with van der Waals surface area (Å²) in [5, 5.41) is 17.5. The van der Waals surface area contributed by atoms with Crippen molar-refractivity contribution in [3.63, 3.8) is 0 Å². The predicted octanol–water partition coefficient (Wildman–Crippen LogP) is 2.26. The number of aryl methyl sites for hydroxylation is 1. The smallest absolute Gasteiger partial charge is 0.268 e. The number of anilines is 1. The minimum absolute atomic E-state index is 0.313. The molecule has 1 amide bonds. The second kappa shape index (κ2) is 4.57. The standard InChI is InChI=1S/C10H7ClN4OS/c1-15-9(6(4-12)5-13-15)14-10(16)8-7(11)2-3-17-8/h2-3,5H,1H3,(H,14,16). The summed E-state index contributed by atoms with van der Waals surface area (Å²) in [6.07, 6.45) is 1.39. The number of carbonyl (C=O) groups excluding carboxylic acids is 1. The summed E-state index contributed by atoms with van der Waals surface area (Å²) < 4.78 is 1.43. The number of carbonyl (C=O) groups is 1. The van der Waals surface area contributed by atoms with Crippen molar-refractivity contribution in [3.8, 4) is 6.07 Å². The molecule has 0 aliphatic heterocycles. The largest absolute Gasteiger partial charge is 0.305 e. The lowest BCUT2D eigenvalue weighted by atomic mass is 10.3. The molecule has 2 aromatic rings. The molecule has 0 aliphatic rings. The summed E-state index contributed by atoms with van der Waals surface area (Å²) in [6.45, 7) is 0. The lowest BCUT2D eigenvalue weighted by Crippen LogP contribution is -2.14. The molecule has 17 heavy (non-hydrogen) atoms. The molecule has 7 heteroatoms. The molecule has 0 aromatic carbocycles. The zero-order chi connectivity index (χ0) is 12.4. The van der Waals surface area contributed by atoms with Crippen molar-refractivity contribution in [1.82, 2.24) is 9.78 Å². The van der Waals surface area contributed by atoms with E-state index in [2.05, 4.69) is 10.4 Å². The fourth-order valence-corrected chi connectivity index (χ4v) is 2.32. The first-order valence-corrected chi connectivity index (χ1v) is 5.85. The highest BCUT2D eigenvalue weighted by molar-refractivity contribution is 7.12. The normalized spacial score (nSPS) is 9.94. The Bertz CT molecular complexity index is 610. The molecule has 0 aliphatic carbocycles. The molecule has 0 saturated heterocycles. The van der Waals surface area contributed by atoms with Crippen molar-refractivity contribution in [2.45, 2.75) is 0 Å². The average Bonchev–Trinajstić information content (AvgIpc) is 2.87. The van der Waals surface area contributed by atoms with E-state index in [1.165, 1.54) is 22.2 Å². The van der Waals surface area contributed by atoms with Crippen molar-refractivity contribution < 1.29 is 4.79 Å². The number of aromatic nitrogens is 2. The Hall–Kier alpha value is -1.84. The van der Waals surface area contributed by atoms with E-state index in [4.69, 9.17) is 16.9 Å². The van der Waals surface area contributed by atoms with Crippen molar-refractivity contribution >= 4 is 34.7 Å². The number of nitrogens with zero attached hydrogens (tertiary/aromatic N) is 3. The van der Waals surface area contributed by atoms with E-state index < -0.39 is 0 Å². The van der Waals surface area contributed by atoms with E-state index in [-0.39, 0.29) is 5.91 Å². The van der Waals surface area contributed by atoms with Gasteiger partial charge >= 0.3 is 0 Å². The maximum absolute atomic E-state index is 11.9. The van der Waals surface area contributed by atoms with E-state index in [1.54, 1.807) is 18.5 Å². The first kappa shape index (κ1) is 11.6. The van der Waals surface area contributed by atoms with Gasteiger partial charge in [-0.25, -0.2) is 0 Å². The third-order valence-electron chi connectivity index (χ3n) is 2.11. The molecule has 2 heterocycles. The predicted molar refractivity (Wildman–Crippen MR) is 65.2 cm³/mol. The number of nitrogens with one attached hydrogen (secondary N) is 1. The number of nitriles is 1. The molecular weight excluding hydrogens is 260 g/mol. The summed E-state index contributed by atoms with van der Waals surface area (Å²) in [5.74, 6) is 0.0204. The molecule has 0 unspecified atom stereocenters. The first-order valence-electron chi connectivity index (χ1n) is 4.60. The Labute approximate surface area is 106 Å². The molecule has 0 fully saturated rings. The highest BCUT2D eigenvalue weighted by Crippen LogP contribution is 2.23. The molecule has 2 rings (SSSR count). The Morgan fingerprint density at radius 3 is 3.06 bits per heavy atom. The van der Waals surface area contributed by atoms with Gasteiger partial charge in [0.25, 0.3) is 5.91 Å². The highest BCUT2D eigenvalue weighted by atomic mass is 35.5. The van der Waals surface area contributed by atoms with Crippen LogP contribution in [0.3, 0.4) is 0 Å². The minimum atomic E-state index is -0.342. The molecular formula is C10H7ClN4OS. The second-order valence-electron chi connectivity index (χ2n) is 3.19. The highest BCUT2D eigenvalue weighted by Gasteiger charge is 2.16. The van der Waals surface area contributed by atoms with Crippen LogP contribution in [0, 0.1) is 11.3 Å². The van der Waals surface area contributed by atoms with Crippen LogP contribution in [0.25, 0.3) is 0 Å². The van der Waals surface area contributed by atoms with Gasteiger partial charge < -0.3 is 5.32 Å². The van der Waals surface area contributed by atoms with Crippen molar-refractivity contribution in [1.29, 1.82) is 5.26 Å². The van der Waals surface area contributed by atoms with Gasteiger partial charge in [0, 0.05) is 7.05 Å². The number of rotatable bonds is 2. The Morgan fingerprint density at radius 2 is 2.47 bits per heavy atom. The lowest BCUT2D eigenvalue weighted by Gasteiger charge is -2.04. The molecule has 0 atom stereocenters. The first-order chi connectivity index (χ1) is 8.13. The van der Waals surface area contributed by atoms with Gasteiger partial charge in [-0.2, -0.15) is 10.4 Å². The third kappa shape index (κ3) is 2.16. The molecule has 0 saturated carbocycles. The fraction of sp³-hybridized carbons (Fsp3) is 0.100. The molecule has 0 spiro atoms. The number of amides is 1. The van der Waals surface area contributed by atoms with Gasteiger partial charge in [-0.15, -0.1) is 11.3 Å². The summed E-state index contributed by atoms with van der Waals surface area (Å²) in [6, 6.07) is 3.60. The fourth-order valence-electron chi connectivity index (χ4n) is 1.29. The Balaban J connectivity index is 2.28. The summed E-state index contributed by atoms with van der Waals surface area (Å²) in [5.41, 5.74) is 0.313. The molecule has 1 N–H and O–H groups in total. The van der Waals surface area contributed by atoms with Crippen LogP contribution in [0.4, 0.5) is 5.82 Å². The van der Waals surface area contributed by atoms with Crippen LogP contribution in [-0.2, 0) is 7.05 Å². The summed E-state index contributed by atoms with van der Waals surface area (Å²) >= 11 is 7.09. The number of halogens is 1. The zero-order valence-corrected chi connectivity index (χ0v) is 10.3. The quantitative estimate of drug-likeness (QED) is 0.906. The lowest BCUT2D eigenvalue weighted by molar-refractivity contribution is 0.102. The molecule has 2 aromatic heterocycles. The van der Waals surface area contributed by atoms with Crippen LogP contribution < -0.4 is 5.32 Å². The van der Waals surface area contributed by atoms with Gasteiger partial charge in [-0.1, -0.05) is 11.6 Å². The van der Waals surface area contributed by atoms with Crippen LogP contribution in [-0.4, -0.2) is 15.7 Å². The Kier molecular flexibility index (Phi) is 3.13. The van der Waals surface area contributed by atoms with Gasteiger partial charge in [0.1, 0.15) is 22.3 Å². The van der Waals surface area contributed by atoms with Gasteiger partial charge in [-0.05, 0) is 11.4 Å². The van der Waals surface area contributed by atoms with Gasteiger partial charge in [0.2, 0.25) is 0 Å². The van der Waals surface area contributed by atoms with Crippen molar-refractivity contribution in [3.05, 3.63) is 33.1 Å². The van der Waals surface area contributed by atoms with Crippen LogP contribution in [0.1, 0.15) is 15.2 Å². The maximum atomic E-state index is 11.9. The number of hydrogen-bond acceptors (Lipinski definition) is 4. The summed E-state index contributed by atoms with van der Waals surface area (Å²) in [7, 11) is 1.65. The van der Waals surface area contributed by atoms with E-state index in [0.29, 0.717) is 21.3 Å². The molecule has 0 bridgehead atoms. The van der Waals surface area contributed by atoms with Crippen LogP contribution in [0.5, 0.6) is 0 Å². The average molecular weight is 267 g/mol. The maximum Gasteiger partial charge on any atom is 0.268 e. The minimum Gasteiger partial charge on any atom is -0.305 e. The van der Waals surface area contributed by atoms with E-state index in [1.807, 2.05) is 6.07 Å². The van der Waals surface area contributed by atoms with Crippen LogP contribution in [0.2, 0.25) is 5.02 Å². The summed E-state index contributed by atoms with van der Waals surface area (Å²) in [4.78, 5) is 12.3. The molecule has 5 nitrogen and oxygen atoms in total. The molecule has 0 radical (unpaired) electrons. The number of thiophene rings is 1. The van der Waals surface area contributed by atoms with E-state index in [9.17, 15) is 4.79 Å². The zero-order valence-electron chi connectivity index (χ0n) is 8.77.